The van der Waals surface area contributed by atoms with Crippen LogP contribution in [0.4, 0.5) is 13.2 Å². The molecule has 7 heteroatoms. The molecule has 0 radical (unpaired) electrons. The fourth-order valence-electron chi connectivity index (χ4n) is 2.07. The average Bonchev–Trinajstić information content (AvgIpc) is 2.71. The molecular formula is C13H21ClF3N3. The van der Waals surface area contributed by atoms with Crippen LogP contribution in [-0.2, 0) is 6.54 Å². The average molecular weight is 312 g/mol. The van der Waals surface area contributed by atoms with Crippen molar-refractivity contribution in [1.82, 2.24) is 15.1 Å². The van der Waals surface area contributed by atoms with Gasteiger partial charge >= 0.3 is 6.18 Å². The van der Waals surface area contributed by atoms with Crippen molar-refractivity contribution in [2.75, 3.05) is 6.54 Å². The Morgan fingerprint density at radius 3 is 2.60 bits per heavy atom. The minimum Gasteiger partial charge on any atom is -0.309 e. The molecule has 0 saturated carbocycles. The highest BCUT2D eigenvalue weighted by atomic mass is 35.5. The number of nitrogens with one attached hydrogen (secondary N) is 1. The van der Waals surface area contributed by atoms with Gasteiger partial charge in [0.25, 0.3) is 0 Å². The van der Waals surface area contributed by atoms with Crippen molar-refractivity contribution in [3.05, 3.63) is 16.9 Å². The highest BCUT2D eigenvalue weighted by Crippen LogP contribution is 2.31. The third kappa shape index (κ3) is 5.32. The summed E-state index contributed by atoms with van der Waals surface area (Å²) < 4.78 is 39.0. The number of halogens is 4. The van der Waals surface area contributed by atoms with E-state index in [1.165, 1.54) is 6.20 Å². The van der Waals surface area contributed by atoms with E-state index in [1.54, 1.807) is 4.68 Å². The summed E-state index contributed by atoms with van der Waals surface area (Å²) in [5.74, 6) is 0. The molecule has 1 heterocycles. The molecule has 1 atom stereocenters. The molecule has 0 aliphatic carbocycles. The smallest absolute Gasteiger partial charge is 0.309 e. The van der Waals surface area contributed by atoms with Gasteiger partial charge in [0.15, 0.2) is 0 Å². The van der Waals surface area contributed by atoms with Gasteiger partial charge in [0.2, 0.25) is 0 Å². The summed E-state index contributed by atoms with van der Waals surface area (Å²) >= 11 is 6.10. The van der Waals surface area contributed by atoms with Gasteiger partial charge in [0, 0.05) is 13.0 Å². The first kappa shape index (κ1) is 17.3. The summed E-state index contributed by atoms with van der Waals surface area (Å²) in [6.45, 7) is 5.26. The zero-order valence-corrected chi connectivity index (χ0v) is 12.6. The first-order valence-electron chi connectivity index (χ1n) is 6.90. The van der Waals surface area contributed by atoms with Crippen LogP contribution < -0.4 is 5.32 Å². The molecule has 1 rings (SSSR count). The van der Waals surface area contributed by atoms with Crippen LogP contribution in [0.3, 0.4) is 0 Å². The van der Waals surface area contributed by atoms with Crippen LogP contribution in [0.2, 0.25) is 5.02 Å². The number of hydrogen-bond donors (Lipinski definition) is 1. The molecule has 0 aliphatic rings. The molecule has 116 valence electrons. The molecule has 1 aromatic heterocycles. The molecule has 0 amide bonds. The van der Waals surface area contributed by atoms with Crippen molar-refractivity contribution >= 4 is 11.6 Å². The van der Waals surface area contributed by atoms with Crippen LogP contribution in [0.15, 0.2) is 6.20 Å². The van der Waals surface area contributed by atoms with Gasteiger partial charge in [0.05, 0.1) is 23.0 Å². The van der Waals surface area contributed by atoms with E-state index in [4.69, 9.17) is 11.6 Å². The molecule has 1 N–H and O–H groups in total. The predicted octanol–water partition coefficient (Wildman–Crippen LogP) is 4.33. The Kier molecular flexibility index (Phi) is 6.82. The monoisotopic (exact) mass is 311 g/mol. The van der Waals surface area contributed by atoms with Crippen molar-refractivity contribution in [2.45, 2.75) is 58.3 Å². The van der Waals surface area contributed by atoms with Gasteiger partial charge in [-0.1, -0.05) is 25.4 Å². The summed E-state index contributed by atoms with van der Waals surface area (Å²) in [6.07, 6.45) is -1.82. The number of alkyl halides is 3. The van der Waals surface area contributed by atoms with E-state index >= 15 is 0 Å². The first-order chi connectivity index (χ1) is 9.39. The fourth-order valence-corrected chi connectivity index (χ4v) is 2.34. The van der Waals surface area contributed by atoms with Crippen LogP contribution >= 0.6 is 11.6 Å². The Balaban J connectivity index is 2.88. The maximum absolute atomic E-state index is 12.4. The zero-order valence-electron chi connectivity index (χ0n) is 11.8. The summed E-state index contributed by atoms with van der Waals surface area (Å²) in [5, 5.41) is 7.71. The molecule has 0 saturated heterocycles. The normalized spacial score (nSPS) is 13.7. The van der Waals surface area contributed by atoms with Gasteiger partial charge in [-0.25, -0.2) is 0 Å². The molecule has 0 aromatic carbocycles. The second kappa shape index (κ2) is 7.88. The maximum atomic E-state index is 12.4. The third-order valence-electron chi connectivity index (χ3n) is 2.96. The third-order valence-corrected chi connectivity index (χ3v) is 3.25. The Bertz CT molecular complexity index is 404. The fraction of sp³-hybridized carbons (Fsp3) is 0.769. The highest BCUT2D eigenvalue weighted by Gasteiger charge is 2.30. The number of aryl methyl sites for hydroxylation is 1. The van der Waals surface area contributed by atoms with Crippen LogP contribution in [-0.4, -0.2) is 22.5 Å². The summed E-state index contributed by atoms with van der Waals surface area (Å²) in [5.41, 5.74) is 0.659. The van der Waals surface area contributed by atoms with E-state index in [1.807, 2.05) is 13.8 Å². The van der Waals surface area contributed by atoms with Crippen molar-refractivity contribution in [3.63, 3.8) is 0 Å². The van der Waals surface area contributed by atoms with Gasteiger partial charge in [-0.05, 0) is 25.8 Å². The maximum Gasteiger partial charge on any atom is 0.389 e. The van der Waals surface area contributed by atoms with Crippen molar-refractivity contribution in [3.8, 4) is 0 Å². The van der Waals surface area contributed by atoms with E-state index in [-0.39, 0.29) is 6.42 Å². The van der Waals surface area contributed by atoms with Crippen LogP contribution in [0.25, 0.3) is 0 Å². The molecule has 0 aliphatic heterocycles. The second-order valence-corrected chi connectivity index (χ2v) is 5.17. The van der Waals surface area contributed by atoms with Crippen LogP contribution in [0.5, 0.6) is 0 Å². The Labute approximate surface area is 122 Å². The van der Waals surface area contributed by atoms with Crippen molar-refractivity contribution < 1.29 is 13.2 Å². The van der Waals surface area contributed by atoms with Gasteiger partial charge in [-0.15, -0.1) is 0 Å². The molecule has 0 spiro atoms. The number of hydrogen-bond acceptors (Lipinski definition) is 2. The zero-order chi connectivity index (χ0) is 15.2. The van der Waals surface area contributed by atoms with E-state index in [0.29, 0.717) is 23.8 Å². The van der Waals surface area contributed by atoms with Gasteiger partial charge < -0.3 is 5.32 Å². The lowest BCUT2D eigenvalue weighted by atomic mass is 10.1. The molecule has 0 fully saturated rings. The number of nitrogens with zero attached hydrogens (tertiary/aromatic N) is 2. The predicted molar refractivity (Wildman–Crippen MR) is 73.9 cm³/mol. The lowest BCUT2D eigenvalue weighted by Gasteiger charge is -2.21. The minimum atomic E-state index is -4.16. The van der Waals surface area contributed by atoms with Crippen molar-refractivity contribution in [1.29, 1.82) is 0 Å². The SMILES string of the molecule is CCCNC(CCC(F)(F)F)c1c(Cl)cnn1CCC. The molecule has 3 nitrogen and oxygen atoms in total. The van der Waals surface area contributed by atoms with Gasteiger partial charge in [-0.2, -0.15) is 18.3 Å². The topological polar surface area (TPSA) is 29.9 Å². The standard InChI is InChI=1S/C13H21ClF3N3/c1-3-7-18-11(5-6-13(15,16)17)12-10(14)9-19-20(12)8-4-2/h9,11,18H,3-8H2,1-2H3. The van der Waals surface area contributed by atoms with E-state index in [2.05, 4.69) is 10.4 Å². The van der Waals surface area contributed by atoms with Gasteiger partial charge in [-0.3, -0.25) is 4.68 Å². The summed E-state index contributed by atoms with van der Waals surface area (Å²) in [7, 11) is 0. The Hall–Kier alpha value is -0.750. The lowest BCUT2D eigenvalue weighted by molar-refractivity contribution is -0.136. The van der Waals surface area contributed by atoms with Crippen molar-refractivity contribution in [2.24, 2.45) is 0 Å². The summed E-state index contributed by atoms with van der Waals surface area (Å²) in [4.78, 5) is 0. The molecule has 0 bridgehead atoms. The lowest BCUT2D eigenvalue weighted by Crippen LogP contribution is -2.27. The molecular weight excluding hydrogens is 291 g/mol. The quantitative estimate of drug-likeness (QED) is 0.774. The molecule has 1 aromatic rings. The highest BCUT2D eigenvalue weighted by molar-refractivity contribution is 6.31. The molecule has 1 unspecified atom stereocenters. The van der Waals surface area contributed by atoms with E-state index in [9.17, 15) is 13.2 Å². The second-order valence-electron chi connectivity index (χ2n) is 4.76. The van der Waals surface area contributed by atoms with E-state index < -0.39 is 18.6 Å². The van der Waals surface area contributed by atoms with Crippen LogP contribution in [0, 0.1) is 0 Å². The summed E-state index contributed by atoms with van der Waals surface area (Å²) in [6, 6.07) is -0.418. The van der Waals surface area contributed by atoms with E-state index in [0.717, 1.165) is 12.8 Å². The van der Waals surface area contributed by atoms with Crippen LogP contribution in [0.1, 0.15) is 51.3 Å². The Morgan fingerprint density at radius 1 is 1.35 bits per heavy atom. The number of aromatic nitrogens is 2. The van der Waals surface area contributed by atoms with Gasteiger partial charge in [0.1, 0.15) is 0 Å². The first-order valence-corrected chi connectivity index (χ1v) is 7.28. The largest absolute Gasteiger partial charge is 0.389 e. The Morgan fingerprint density at radius 2 is 2.05 bits per heavy atom. The molecule has 20 heavy (non-hydrogen) atoms. The number of rotatable bonds is 8. The minimum absolute atomic E-state index is 0.0291.